The van der Waals surface area contributed by atoms with Crippen LogP contribution in [0.25, 0.3) is 27.4 Å². The Hall–Kier alpha value is -4.64. The third-order valence-electron chi connectivity index (χ3n) is 10.5. The Kier molecular flexibility index (Phi) is 4.58. The van der Waals surface area contributed by atoms with Crippen molar-refractivity contribution in [1.82, 2.24) is 14.8 Å². The number of aromatic nitrogens is 1. The molecule has 43 heavy (non-hydrogen) atoms. The van der Waals surface area contributed by atoms with Gasteiger partial charge in [0.2, 0.25) is 0 Å². The van der Waals surface area contributed by atoms with Crippen LogP contribution >= 0.6 is 0 Å². The Labute approximate surface area is 251 Å². The lowest BCUT2D eigenvalue weighted by Gasteiger charge is -2.30. The minimum atomic E-state index is -0.133. The van der Waals surface area contributed by atoms with E-state index in [1.807, 2.05) is 0 Å². The number of hydrogen-bond acceptors (Lipinski definition) is 3. The second-order valence-electron chi connectivity index (χ2n) is 13.0. The predicted molar refractivity (Wildman–Crippen MR) is 176 cm³/mol. The molecule has 1 aromatic heterocycles. The average Bonchev–Trinajstić information content (AvgIpc) is 3.25. The number of rotatable bonds is 4. The number of hydrogen-bond donors (Lipinski definition) is 2. The van der Waals surface area contributed by atoms with Gasteiger partial charge in [-0.1, -0.05) is 110 Å². The van der Waals surface area contributed by atoms with E-state index in [0.29, 0.717) is 12.1 Å². The summed E-state index contributed by atoms with van der Waals surface area (Å²) in [7, 11) is 0. The average molecular weight is 557 g/mol. The first kappa shape index (κ1) is 23.9. The van der Waals surface area contributed by atoms with Crippen molar-refractivity contribution in [1.29, 1.82) is 0 Å². The van der Waals surface area contributed by atoms with Crippen molar-refractivity contribution in [2.45, 2.75) is 42.7 Å². The normalized spacial score (nSPS) is 30.8. The van der Waals surface area contributed by atoms with Crippen LogP contribution in [0.2, 0.25) is 0 Å². The highest BCUT2D eigenvalue weighted by Crippen LogP contribution is 2.64. The predicted octanol–water partition coefficient (Wildman–Crippen LogP) is 8.50. The molecule has 208 valence electrons. The van der Waals surface area contributed by atoms with E-state index in [1.165, 1.54) is 49.8 Å². The monoisotopic (exact) mass is 556 g/mol. The van der Waals surface area contributed by atoms with Gasteiger partial charge in [-0.15, -0.1) is 0 Å². The lowest BCUT2D eigenvalue weighted by Crippen LogP contribution is -2.36. The molecule has 2 aliphatic carbocycles. The Balaban J connectivity index is 1.15. The molecule has 6 unspecified atom stereocenters. The number of allylic oxidation sites excluding steroid dienone is 6. The number of piperazine rings is 1. The molecule has 6 atom stereocenters. The lowest BCUT2D eigenvalue weighted by atomic mass is 9.76. The number of para-hydroxylation sites is 2. The number of nitrogens with one attached hydrogen (secondary N) is 2. The van der Waals surface area contributed by atoms with Crippen molar-refractivity contribution in [3.05, 3.63) is 150 Å². The summed E-state index contributed by atoms with van der Waals surface area (Å²) in [6.07, 6.45) is 17.4. The van der Waals surface area contributed by atoms with Gasteiger partial charge in [0, 0.05) is 27.6 Å². The van der Waals surface area contributed by atoms with Crippen LogP contribution in [-0.4, -0.2) is 21.2 Å². The van der Waals surface area contributed by atoms with E-state index >= 15 is 0 Å². The zero-order valence-corrected chi connectivity index (χ0v) is 24.0. The van der Waals surface area contributed by atoms with Gasteiger partial charge in [0.05, 0.1) is 23.1 Å². The Bertz CT molecular complexity index is 2100. The minimum Gasteiger partial charge on any atom is -0.355 e. The summed E-state index contributed by atoms with van der Waals surface area (Å²) in [5, 5.41) is 10.6. The summed E-state index contributed by atoms with van der Waals surface area (Å²) < 4.78 is 2.62. The lowest BCUT2D eigenvalue weighted by molar-refractivity contribution is 0.340. The highest BCUT2D eigenvalue weighted by atomic mass is 15.6. The van der Waals surface area contributed by atoms with E-state index in [-0.39, 0.29) is 17.2 Å². The van der Waals surface area contributed by atoms with Gasteiger partial charge in [0.1, 0.15) is 11.8 Å². The largest absolute Gasteiger partial charge is 0.355 e. The molecular weight excluding hydrogens is 524 g/mol. The van der Waals surface area contributed by atoms with Gasteiger partial charge in [0.15, 0.2) is 0 Å². The van der Waals surface area contributed by atoms with Crippen molar-refractivity contribution < 1.29 is 0 Å². The SMILES string of the molecule is CC1(c2cc3c(cc2Nc2ccccc2)c2cccc4c2n3C2NC35C=C(c6ccccc6)C=CC3N5C42)C=CC=CC1. The van der Waals surface area contributed by atoms with Crippen molar-refractivity contribution in [3.8, 4) is 0 Å². The van der Waals surface area contributed by atoms with Crippen LogP contribution in [-0.2, 0) is 5.41 Å². The molecule has 3 aliphatic heterocycles. The molecule has 0 radical (unpaired) electrons. The second-order valence-corrected chi connectivity index (χ2v) is 13.0. The molecule has 0 saturated carbocycles. The topological polar surface area (TPSA) is 32.0 Å². The summed E-state index contributed by atoms with van der Waals surface area (Å²) in [5.41, 5.74) is 10.1. The second kappa shape index (κ2) is 8.25. The maximum Gasteiger partial charge on any atom is 0.114 e. The number of fused-ring (bicyclic) bond motifs is 8. The van der Waals surface area contributed by atoms with Gasteiger partial charge < -0.3 is 9.88 Å². The quantitative estimate of drug-likeness (QED) is 0.218. The van der Waals surface area contributed by atoms with Gasteiger partial charge >= 0.3 is 0 Å². The summed E-state index contributed by atoms with van der Waals surface area (Å²) >= 11 is 0. The van der Waals surface area contributed by atoms with Crippen LogP contribution < -0.4 is 10.6 Å². The molecule has 2 saturated heterocycles. The van der Waals surface area contributed by atoms with E-state index in [2.05, 4.69) is 161 Å². The highest BCUT2D eigenvalue weighted by molar-refractivity contribution is 6.12. The molecule has 2 N–H and O–H groups in total. The number of nitrogens with zero attached hydrogens (tertiary/aromatic N) is 2. The number of benzene rings is 4. The van der Waals surface area contributed by atoms with E-state index in [0.717, 1.165) is 12.1 Å². The molecule has 5 aromatic rings. The smallest absolute Gasteiger partial charge is 0.114 e. The summed E-state index contributed by atoms with van der Waals surface area (Å²) in [5.74, 6) is 0. The van der Waals surface area contributed by atoms with Crippen LogP contribution in [0.5, 0.6) is 0 Å². The van der Waals surface area contributed by atoms with Crippen LogP contribution in [0.4, 0.5) is 11.4 Å². The molecule has 1 spiro atoms. The first-order valence-electron chi connectivity index (χ1n) is 15.4. The summed E-state index contributed by atoms with van der Waals surface area (Å²) in [4.78, 5) is 2.69. The zero-order chi connectivity index (χ0) is 28.3. The maximum absolute atomic E-state index is 4.17. The minimum absolute atomic E-state index is 0.0996. The van der Waals surface area contributed by atoms with Crippen LogP contribution in [0.1, 0.15) is 42.2 Å². The fourth-order valence-electron chi connectivity index (χ4n) is 8.52. The number of anilines is 2. The first-order valence-corrected chi connectivity index (χ1v) is 15.4. The van der Waals surface area contributed by atoms with Crippen molar-refractivity contribution in [2.75, 3.05) is 5.32 Å². The Morgan fingerprint density at radius 2 is 1.72 bits per heavy atom. The third-order valence-corrected chi connectivity index (χ3v) is 10.5. The van der Waals surface area contributed by atoms with Crippen molar-refractivity contribution in [3.63, 3.8) is 0 Å². The van der Waals surface area contributed by atoms with Crippen LogP contribution in [0.3, 0.4) is 0 Å². The fraction of sp³-hybridized carbons (Fsp3) is 0.179. The van der Waals surface area contributed by atoms with Gasteiger partial charge in [-0.25, -0.2) is 0 Å². The van der Waals surface area contributed by atoms with Crippen LogP contribution in [0.15, 0.2) is 134 Å². The molecule has 4 heterocycles. The van der Waals surface area contributed by atoms with Crippen LogP contribution in [0, 0.1) is 0 Å². The molecule has 4 nitrogen and oxygen atoms in total. The Morgan fingerprint density at radius 1 is 0.884 bits per heavy atom. The standard InChI is InChI=1S/C39H32N4/c1-38(20-9-4-10-21-38)31-23-33-30(22-32(31)40-27-14-7-3-8-15-27)28-16-11-17-29-35(28)42(33)37-36(29)43-34-19-18-26(24-39(34,43)41-37)25-12-5-2-6-13-25/h2-20,22-24,34,36-37,40-41H,21H2,1H3. The van der Waals surface area contributed by atoms with Gasteiger partial charge in [-0.05, 0) is 59.0 Å². The van der Waals surface area contributed by atoms with E-state index in [1.54, 1.807) is 0 Å². The zero-order valence-electron chi connectivity index (χ0n) is 24.0. The molecule has 4 heteroatoms. The summed E-state index contributed by atoms with van der Waals surface area (Å²) in [6.45, 7) is 2.37. The van der Waals surface area contributed by atoms with E-state index < -0.39 is 0 Å². The highest BCUT2D eigenvalue weighted by Gasteiger charge is 2.72. The fourth-order valence-corrected chi connectivity index (χ4v) is 8.52. The van der Waals surface area contributed by atoms with Crippen molar-refractivity contribution in [2.24, 2.45) is 0 Å². The molecular formula is C39H32N4. The molecule has 4 aromatic carbocycles. The molecule has 0 bridgehead atoms. The van der Waals surface area contributed by atoms with Gasteiger partial charge in [-0.3, -0.25) is 10.2 Å². The summed E-state index contributed by atoms with van der Waals surface area (Å²) in [6, 6.07) is 33.9. The molecule has 10 rings (SSSR count). The molecule has 0 amide bonds. The third kappa shape index (κ3) is 3.12. The Morgan fingerprint density at radius 3 is 2.53 bits per heavy atom. The molecule has 2 fully saturated rings. The van der Waals surface area contributed by atoms with Gasteiger partial charge in [-0.2, -0.15) is 0 Å². The first-order chi connectivity index (χ1) is 21.1. The van der Waals surface area contributed by atoms with E-state index in [4.69, 9.17) is 0 Å². The van der Waals surface area contributed by atoms with Gasteiger partial charge in [0.25, 0.3) is 0 Å². The molecule has 5 aliphatic rings. The van der Waals surface area contributed by atoms with E-state index in [9.17, 15) is 0 Å². The maximum atomic E-state index is 4.17. The van der Waals surface area contributed by atoms with Crippen molar-refractivity contribution >= 4 is 38.8 Å².